The minimum Gasteiger partial charge on any atom is -0.344 e. The fraction of sp³-hybridized carbons (Fsp3) is 0.188. The predicted molar refractivity (Wildman–Crippen MR) is 81.3 cm³/mol. The summed E-state index contributed by atoms with van der Waals surface area (Å²) >= 11 is 4.18. The van der Waals surface area contributed by atoms with Gasteiger partial charge in [-0.05, 0) is 18.1 Å². The van der Waals surface area contributed by atoms with Gasteiger partial charge in [-0.25, -0.2) is 0 Å². The minimum atomic E-state index is -0.324. The molecule has 2 rings (SSSR count). The molecule has 19 heavy (non-hydrogen) atoms. The Morgan fingerprint density at radius 3 is 1.74 bits per heavy atom. The number of carbonyl (C=O) groups excluding carboxylic acids is 1. The highest BCUT2D eigenvalue weighted by molar-refractivity contribution is 7.81. The van der Waals surface area contributed by atoms with Crippen LogP contribution in [0.2, 0.25) is 0 Å². The summed E-state index contributed by atoms with van der Waals surface area (Å²) in [7, 11) is 0. The highest BCUT2D eigenvalue weighted by atomic mass is 32.1. The Labute approximate surface area is 119 Å². The van der Waals surface area contributed by atoms with Crippen LogP contribution in [-0.4, -0.2) is 11.2 Å². The van der Waals surface area contributed by atoms with Crippen LogP contribution < -0.4 is 5.32 Å². The third-order valence-corrected chi connectivity index (χ3v) is 3.17. The molecule has 98 valence electrons. The van der Waals surface area contributed by atoms with Gasteiger partial charge >= 0.3 is 0 Å². The van der Waals surface area contributed by atoms with E-state index in [1.165, 1.54) is 0 Å². The molecule has 2 nitrogen and oxygen atoms in total. The quantitative estimate of drug-likeness (QED) is 0.822. The molecule has 0 aliphatic heterocycles. The fourth-order valence-corrected chi connectivity index (χ4v) is 1.99. The van der Waals surface area contributed by atoms with Gasteiger partial charge < -0.3 is 5.32 Å². The molecule has 1 N–H and O–H groups in total. The number of carbonyl (C=O) groups is 1. The van der Waals surface area contributed by atoms with Gasteiger partial charge in [-0.1, -0.05) is 60.7 Å². The van der Waals surface area contributed by atoms with E-state index in [1.807, 2.05) is 60.7 Å². The van der Waals surface area contributed by atoms with Crippen LogP contribution in [-0.2, 0) is 4.79 Å². The first-order valence-corrected chi connectivity index (χ1v) is 6.78. The number of nitrogens with one attached hydrogen (secondary N) is 1. The molecule has 0 radical (unpaired) electrons. The summed E-state index contributed by atoms with van der Waals surface area (Å²) in [5.74, 6) is -0.0685. The Kier molecular flexibility index (Phi) is 4.63. The minimum absolute atomic E-state index is 0.0685. The summed E-state index contributed by atoms with van der Waals surface area (Å²) in [5.41, 5.74) is 2.13. The van der Waals surface area contributed by atoms with Crippen molar-refractivity contribution in [3.8, 4) is 0 Å². The third kappa shape index (κ3) is 3.61. The van der Waals surface area contributed by atoms with Crippen LogP contribution in [0.3, 0.4) is 0 Å². The van der Waals surface area contributed by atoms with Gasteiger partial charge in [0.25, 0.3) is 0 Å². The maximum atomic E-state index is 11.9. The van der Waals surface area contributed by atoms with Crippen molar-refractivity contribution in [2.24, 2.45) is 0 Å². The number of benzene rings is 2. The lowest BCUT2D eigenvalue weighted by molar-refractivity contribution is -0.120. The Hall–Kier alpha value is -1.74. The molecule has 0 heterocycles. The molecule has 0 saturated carbocycles. The van der Waals surface area contributed by atoms with E-state index in [1.54, 1.807) is 6.92 Å². The Bertz CT molecular complexity index is 485. The third-order valence-electron chi connectivity index (χ3n) is 2.93. The van der Waals surface area contributed by atoms with Gasteiger partial charge in [-0.2, -0.15) is 12.6 Å². The molecule has 1 unspecified atom stereocenters. The molecule has 0 fully saturated rings. The van der Waals surface area contributed by atoms with E-state index in [4.69, 9.17) is 0 Å². The van der Waals surface area contributed by atoms with Crippen molar-refractivity contribution in [1.82, 2.24) is 5.32 Å². The monoisotopic (exact) mass is 271 g/mol. The second kappa shape index (κ2) is 6.43. The lowest BCUT2D eigenvalue weighted by Crippen LogP contribution is -2.34. The zero-order valence-corrected chi connectivity index (χ0v) is 11.7. The zero-order valence-electron chi connectivity index (χ0n) is 10.8. The van der Waals surface area contributed by atoms with Crippen LogP contribution in [0.25, 0.3) is 0 Å². The van der Waals surface area contributed by atoms with Gasteiger partial charge in [0.15, 0.2) is 0 Å². The molecule has 0 bridgehead atoms. The molecule has 0 aliphatic rings. The van der Waals surface area contributed by atoms with Gasteiger partial charge in [0, 0.05) is 0 Å². The average molecular weight is 271 g/mol. The van der Waals surface area contributed by atoms with Crippen LogP contribution in [0.4, 0.5) is 0 Å². The van der Waals surface area contributed by atoms with E-state index < -0.39 is 0 Å². The van der Waals surface area contributed by atoms with Crippen LogP contribution in [0.15, 0.2) is 60.7 Å². The van der Waals surface area contributed by atoms with E-state index in [-0.39, 0.29) is 17.2 Å². The van der Waals surface area contributed by atoms with Gasteiger partial charge in [-0.15, -0.1) is 0 Å². The first-order valence-electron chi connectivity index (χ1n) is 6.27. The Morgan fingerprint density at radius 2 is 1.37 bits per heavy atom. The standard InChI is InChI=1S/C16H17NOS/c1-12(19)16(18)17-15(13-8-4-2-5-9-13)14-10-6-3-7-11-14/h2-12,15,19H,1H3,(H,17,18). The van der Waals surface area contributed by atoms with Crippen molar-refractivity contribution in [3.63, 3.8) is 0 Å². The largest absolute Gasteiger partial charge is 0.344 e. The maximum absolute atomic E-state index is 11.9. The summed E-state index contributed by atoms with van der Waals surface area (Å²) in [6.07, 6.45) is 0. The van der Waals surface area contributed by atoms with Crippen LogP contribution in [0, 0.1) is 0 Å². The fourth-order valence-electron chi connectivity index (χ4n) is 1.91. The van der Waals surface area contributed by atoms with Gasteiger partial charge in [0.2, 0.25) is 5.91 Å². The van der Waals surface area contributed by atoms with Crippen molar-refractivity contribution in [1.29, 1.82) is 0 Å². The summed E-state index contributed by atoms with van der Waals surface area (Å²) in [5, 5.41) is 2.71. The molecule has 0 spiro atoms. The summed E-state index contributed by atoms with van der Waals surface area (Å²) in [6, 6.07) is 19.8. The number of rotatable bonds is 4. The number of hydrogen-bond donors (Lipinski definition) is 2. The van der Waals surface area contributed by atoms with Crippen molar-refractivity contribution in [2.75, 3.05) is 0 Å². The van der Waals surface area contributed by atoms with Crippen LogP contribution in [0.5, 0.6) is 0 Å². The molecule has 0 aromatic heterocycles. The van der Waals surface area contributed by atoms with E-state index in [2.05, 4.69) is 17.9 Å². The van der Waals surface area contributed by atoms with Crippen molar-refractivity contribution < 1.29 is 4.79 Å². The Morgan fingerprint density at radius 1 is 0.947 bits per heavy atom. The van der Waals surface area contributed by atoms with Crippen molar-refractivity contribution >= 4 is 18.5 Å². The molecule has 3 heteroatoms. The van der Waals surface area contributed by atoms with Gasteiger partial charge in [0.1, 0.15) is 0 Å². The first kappa shape index (κ1) is 13.7. The first-order chi connectivity index (χ1) is 9.18. The highest BCUT2D eigenvalue weighted by Gasteiger charge is 2.18. The highest BCUT2D eigenvalue weighted by Crippen LogP contribution is 2.22. The summed E-state index contributed by atoms with van der Waals surface area (Å²) < 4.78 is 0. The smallest absolute Gasteiger partial charge is 0.233 e. The van der Waals surface area contributed by atoms with Crippen molar-refractivity contribution in [3.05, 3.63) is 71.8 Å². The second-order valence-electron chi connectivity index (χ2n) is 4.44. The normalized spacial score (nSPS) is 12.2. The second-order valence-corrected chi connectivity index (χ2v) is 5.21. The molecule has 2 aromatic carbocycles. The zero-order chi connectivity index (χ0) is 13.7. The maximum Gasteiger partial charge on any atom is 0.233 e. The molecule has 2 aromatic rings. The average Bonchev–Trinajstić information content (AvgIpc) is 2.46. The van der Waals surface area contributed by atoms with Crippen molar-refractivity contribution in [2.45, 2.75) is 18.2 Å². The number of hydrogen-bond acceptors (Lipinski definition) is 2. The van der Waals surface area contributed by atoms with Gasteiger partial charge in [-0.3, -0.25) is 4.79 Å². The van der Waals surface area contributed by atoms with E-state index in [0.29, 0.717) is 0 Å². The predicted octanol–water partition coefficient (Wildman–Crippen LogP) is 3.21. The molecule has 1 amide bonds. The molecular weight excluding hydrogens is 254 g/mol. The van der Waals surface area contributed by atoms with Crippen LogP contribution in [0.1, 0.15) is 24.1 Å². The van der Waals surface area contributed by atoms with Gasteiger partial charge in [0.05, 0.1) is 11.3 Å². The molecule has 1 atom stereocenters. The summed E-state index contributed by atoms with van der Waals surface area (Å²) in [4.78, 5) is 11.9. The Balaban J connectivity index is 2.32. The topological polar surface area (TPSA) is 29.1 Å². The molecule has 0 aliphatic carbocycles. The van der Waals surface area contributed by atoms with E-state index >= 15 is 0 Å². The SMILES string of the molecule is CC(S)C(=O)NC(c1ccccc1)c1ccccc1. The molecule has 0 saturated heterocycles. The number of thiol groups is 1. The lowest BCUT2D eigenvalue weighted by Gasteiger charge is -2.20. The number of amides is 1. The van der Waals surface area contributed by atoms with E-state index in [9.17, 15) is 4.79 Å². The summed E-state index contributed by atoms with van der Waals surface area (Å²) in [6.45, 7) is 1.77. The van der Waals surface area contributed by atoms with Crippen LogP contribution >= 0.6 is 12.6 Å². The van der Waals surface area contributed by atoms with E-state index in [0.717, 1.165) is 11.1 Å². The lowest BCUT2D eigenvalue weighted by atomic mass is 9.98. The molecular formula is C16H17NOS.